The van der Waals surface area contributed by atoms with Crippen LogP contribution in [0.15, 0.2) is 12.2 Å². The van der Waals surface area contributed by atoms with Crippen LogP contribution in [0.4, 0.5) is 0 Å². The average molecular weight is 443 g/mol. The molecule has 31 heavy (non-hydrogen) atoms. The molecule has 1 heterocycles. The minimum atomic E-state index is -0.972. The Hall–Kier alpha value is -0.460. The van der Waals surface area contributed by atoms with Crippen LogP contribution in [0.1, 0.15) is 110 Å². The first-order valence-electron chi connectivity index (χ1n) is 13.1. The summed E-state index contributed by atoms with van der Waals surface area (Å²) in [5, 5.41) is 29.2. The molecule has 1 saturated heterocycles. The fraction of sp³-hybridized carbons (Fsp3) is 0.923. The summed E-state index contributed by atoms with van der Waals surface area (Å²) < 4.78 is 10.9. The molecule has 0 radical (unpaired) electrons. The molecule has 4 atom stereocenters. The highest BCUT2D eigenvalue weighted by atomic mass is 16.6. The van der Waals surface area contributed by atoms with Gasteiger partial charge in [-0.1, -0.05) is 89.7 Å². The van der Waals surface area contributed by atoms with Crippen molar-refractivity contribution in [3.05, 3.63) is 12.2 Å². The summed E-state index contributed by atoms with van der Waals surface area (Å²) in [6.07, 6.45) is 22.2. The average Bonchev–Trinajstić information content (AvgIpc) is 2.77. The van der Waals surface area contributed by atoms with Gasteiger partial charge in [0.1, 0.15) is 24.4 Å². The van der Waals surface area contributed by atoms with Crippen LogP contribution in [0.5, 0.6) is 0 Å². The van der Waals surface area contributed by atoms with E-state index in [9.17, 15) is 15.3 Å². The summed E-state index contributed by atoms with van der Waals surface area (Å²) in [4.78, 5) is 0. The van der Waals surface area contributed by atoms with E-state index < -0.39 is 24.4 Å². The second-order valence-corrected chi connectivity index (χ2v) is 9.09. The maximum atomic E-state index is 10.1. The first kappa shape index (κ1) is 28.6. The van der Waals surface area contributed by atoms with E-state index in [0.29, 0.717) is 6.61 Å². The molecule has 0 bridgehead atoms. The Morgan fingerprint density at radius 3 is 1.84 bits per heavy atom. The van der Waals surface area contributed by atoms with Gasteiger partial charge in [-0.3, -0.25) is 0 Å². The maximum absolute atomic E-state index is 10.1. The fourth-order valence-electron chi connectivity index (χ4n) is 4.15. The van der Waals surface area contributed by atoms with E-state index in [2.05, 4.69) is 19.1 Å². The molecule has 0 spiro atoms. The molecule has 1 aliphatic heterocycles. The quantitative estimate of drug-likeness (QED) is 0.176. The predicted molar refractivity (Wildman–Crippen MR) is 127 cm³/mol. The lowest BCUT2D eigenvalue weighted by Gasteiger charge is -2.37. The topological polar surface area (TPSA) is 79.2 Å². The molecule has 1 rings (SSSR count). The van der Waals surface area contributed by atoms with Crippen molar-refractivity contribution in [3.63, 3.8) is 0 Å². The van der Waals surface area contributed by atoms with Crippen molar-refractivity contribution < 1.29 is 24.8 Å². The monoisotopic (exact) mass is 442 g/mol. The number of rotatable bonds is 20. The molecule has 5 nitrogen and oxygen atoms in total. The van der Waals surface area contributed by atoms with Gasteiger partial charge in [0.15, 0.2) is 0 Å². The Labute approximate surface area is 191 Å². The van der Waals surface area contributed by atoms with E-state index >= 15 is 0 Å². The first-order valence-corrected chi connectivity index (χ1v) is 13.1. The molecule has 5 heteroatoms. The Kier molecular flexibility index (Phi) is 18.6. The smallest absolute Gasteiger partial charge is 0.114 e. The van der Waals surface area contributed by atoms with E-state index in [4.69, 9.17) is 9.47 Å². The zero-order valence-electron chi connectivity index (χ0n) is 20.1. The van der Waals surface area contributed by atoms with Crippen molar-refractivity contribution in [2.75, 3.05) is 19.8 Å². The van der Waals surface area contributed by atoms with Gasteiger partial charge >= 0.3 is 0 Å². The Bertz CT molecular complexity index is 415. The summed E-state index contributed by atoms with van der Waals surface area (Å²) in [5.41, 5.74) is 0. The molecule has 0 saturated carbocycles. The number of hydrogen-bond acceptors (Lipinski definition) is 5. The number of ether oxygens (including phenoxy) is 2. The third-order valence-corrected chi connectivity index (χ3v) is 6.22. The molecule has 0 aromatic rings. The van der Waals surface area contributed by atoms with Gasteiger partial charge in [0.05, 0.1) is 13.2 Å². The maximum Gasteiger partial charge on any atom is 0.114 e. The standard InChI is InChI=1S/C26H50O5/c1-2-3-4-5-6-7-8-9-10-11-12-13-14-15-16-17-18-19-20-30-26-23(28)22-31-24(21-27)25(26)29/h7-8,23-29H,2-6,9-22H2,1H3/b8-7+/t23-,24+,25+,26+/m0/s1. The lowest BCUT2D eigenvalue weighted by atomic mass is 10.0. The molecule has 1 aliphatic rings. The second kappa shape index (κ2) is 20.2. The Morgan fingerprint density at radius 2 is 1.29 bits per heavy atom. The normalized spacial score (nSPS) is 24.3. The molecule has 184 valence electrons. The van der Waals surface area contributed by atoms with E-state index in [0.717, 1.165) is 12.8 Å². The number of unbranched alkanes of at least 4 members (excludes halogenated alkanes) is 14. The molecule has 1 fully saturated rings. The van der Waals surface area contributed by atoms with Crippen LogP contribution >= 0.6 is 0 Å². The van der Waals surface area contributed by atoms with Gasteiger partial charge in [0, 0.05) is 6.61 Å². The molecule has 3 N–H and O–H groups in total. The highest BCUT2D eigenvalue weighted by Crippen LogP contribution is 2.19. The van der Waals surface area contributed by atoms with Gasteiger partial charge in [-0.05, 0) is 32.1 Å². The van der Waals surface area contributed by atoms with Crippen molar-refractivity contribution in [2.45, 2.75) is 134 Å². The van der Waals surface area contributed by atoms with E-state index in [1.54, 1.807) is 0 Å². The van der Waals surface area contributed by atoms with Crippen LogP contribution in [-0.2, 0) is 9.47 Å². The minimum Gasteiger partial charge on any atom is -0.394 e. The minimum absolute atomic E-state index is 0.1000. The van der Waals surface area contributed by atoms with E-state index in [-0.39, 0.29) is 13.2 Å². The van der Waals surface area contributed by atoms with Crippen molar-refractivity contribution in [3.8, 4) is 0 Å². The van der Waals surface area contributed by atoms with Crippen LogP contribution in [0.3, 0.4) is 0 Å². The SMILES string of the molecule is CCCCCC/C=C/CCCCCCCCCCCCO[C@H]1[C@H](O)[C@@H](CO)OC[C@@H]1O. The summed E-state index contributed by atoms with van der Waals surface area (Å²) in [5.74, 6) is 0. The summed E-state index contributed by atoms with van der Waals surface area (Å²) in [7, 11) is 0. The molecule has 0 aliphatic carbocycles. The van der Waals surface area contributed by atoms with Gasteiger partial charge in [0.2, 0.25) is 0 Å². The molecular weight excluding hydrogens is 392 g/mol. The molecule has 0 aromatic heterocycles. The molecule has 0 amide bonds. The third kappa shape index (κ3) is 14.3. The lowest BCUT2D eigenvalue weighted by molar-refractivity contribution is -0.210. The van der Waals surface area contributed by atoms with E-state index in [1.807, 2.05) is 0 Å². The largest absolute Gasteiger partial charge is 0.394 e. The highest BCUT2D eigenvalue weighted by molar-refractivity contribution is 4.87. The van der Waals surface area contributed by atoms with E-state index in [1.165, 1.54) is 89.9 Å². The van der Waals surface area contributed by atoms with Crippen molar-refractivity contribution in [1.82, 2.24) is 0 Å². The van der Waals surface area contributed by atoms with Gasteiger partial charge < -0.3 is 24.8 Å². The second-order valence-electron chi connectivity index (χ2n) is 9.09. The van der Waals surface area contributed by atoms with Gasteiger partial charge in [0.25, 0.3) is 0 Å². The fourth-order valence-corrected chi connectivity index (χ4v) is 4.15. The van der Waals surface area contributed by atoms with Crippen LogP contribution < -0.4 is 0 Å². The molecule has 0 unspecified atom stereocenters. The Balaban J connectivity index is 1.82. The van der Waals surface area contributed by atoms with Gasteiger partial charge in [-0.25, -0.2) is 0 Å². The number of allylic oxidation sites excluding steroid dienone is 2. The Morgan fingerprint density at radius 1 is 0.774 bits per heavy atom. The summed E-state index contributed by atoms with van der Waals surface area (Å²) >= 11 is 0. The van der Waals surface area contributed by atoms with Crippen LogP contribution in [0.2, 0.25) is 0 Å². The summed E-state index contributed by atoms with van der Waals surface area (Å²) in [6.45, 7) is 2.63. The first-order chi connectivity index (χ1) is 15.2. The van der Waals surface area contributed by atoms with Crippen LogP contribution in [0, 0.1) is 0 Å². The molecular formula is C26H50O5. The highest BCUT2D eigenvalue weighted by Gasteiger charge is 2.38. The van der Waals surface area contributed by atoms with Gasteiger partial charge in [-0.2, -0.15) is 0 Å². The van der Waals surface area contributed by atoms with Crippen molar-refractivity contribution in [1.29, 1.82) is 0 Å². The van der Waals surface area contributed by atoms with Crippen molar-refractivity contribution >= 4 is 0 Å². The number of hydrogen-bond donors (Lipinski definition) is 3. The zero-order valence-corrected chi connectivity index (χ0v) is 20.1. The lowest BCUT2D eigenvalue weighted by Crippen LogP contribution is -2.55. The predicted octanol–water partition coefficient (Wildman–Crippen LogP) is 5.30. The van der Waals surface area contributed by atoms with Crippen LogP contribution in [-0.4, -0.2) is 59.6 Å². The van der Waals surface area contributed by atoms with Crippen molar-refractivity contribution in [2.24, 2.45) is 0 Å². The summed E-state index contributed by atoms with van der Waals surface area (Å²) in [6, 6.07) is 0. The number of aliphatic hydroxyl groups excluding tert-OH is 3. The molecule has 0 aromatic carbocycles. The van der Waals surface area contributed by atoms with Gasteiger partial charge in [-0.15, -0.1) is 0 Å². The third-order valence-electron chi connectivity index (χ3n) is 6.22. The van der Waals surface area contributed by atoms with Crippen LogP contribution in [0.25, 0.3) is 0 Å². The zero-order chi connectivity index (χ0) is 22.6. The number of aliphatic hydroxyl groups is 3.